The molecule has 0 aliphatic heterocycles. The van der Waals surface area contributed by atoms with Crippen LogP contribution in [-0.4, -0.2) is 10.2 Å². The highest BCUT2D eigenvalue weighted by Crippen LogP contribution is 2.29. The van der Waals surface area contributed by atoms with E-state index in [4.69, 9.17) is 11.6 Å². The molecule has 0 bridgehead atoms. The first-order valence-electron chi connectivity index (χ1n) is 5.53. The summed E-state index contributed by atoms with van der Waals surface area (Å²) in [6, 6.07) is 7.84. The fourth-order valence-corrected chi connectivity index (χ4v) is 1.57. The summed E-state index contributed by atoms with van der Waals surface area (Å²) in [6.07, 6.45) is -1.23. The molecule has 0 saturated heterocycles. The number of alkyl halides is 3. The highest BCUT2D eigenvalue weighted by atomic mass is 35.5. The molecule has 0 spiro atoms. The summed E-state index contributed by atoms with van der Waals surface area (Å²) in [5.74, 6) is 0. The minimum Gasteiger partial charge on any atom is -0.277 e. The molecule has 0 saturated carbocycles. The van der Waals surface area contributed by atoms with Gasteiger partial charge >= 0.3 is 6.18 Å². The number of hydrogen-bond donors (Lipinski definition) is 1. The van der Waals surface area contributed by atoms with E-state index < -0.39 is 11.7 Å². The monoisotopic (exact) mass is 299 g/mol. The molecule has 0 unspecified atom stereocenters. The van der Waals surface area contributed by atoms with Crippen LogP contribution in [0.2, 0.25) is 0 Å². The van der Waals surface area contributed by atoms with Crippen LogP contribution < -0.4 is 5.43 Å². The van der Waals surface area contributed by atoms with Gasteiger partial charge in [0.25, 0.3) is 0 Å². The van der Waals surface area contributed by atoms with Crippen molar-refractivity contribution in [1.82, 2.24) is 4.98 Å². The Morgan fingerprint density at radius 3 is 2.20 bits per heavy atom. The van der Waals surface area contributed by atoms with E-state index in [1.165, 1.54) is 12.1 Å². The minimum absolute atomic E-state index is 0.187. The number of halogens is 4. The summed E-state index contributed by atoms with van der Waals surface area (Å²) in [5, 5.41) is 4.07. The van der Waals surface area contributed by atoms with Gasteiger partial charge in [0.1, 0.15) is 0 Å². The van der Waals surface area contributed by atoms with Gasteiger partial charge in [-0.15, -0.1) is 0 Å². The van der Waals surface area contributed by atoms with Crippen LogP contribution >= 0.6 is 11.6 Å². The van der Waals surface area contributed by atoms with Gasteiger partial charge in [0, 0.05) is 18.0 Å². The molecule has 0 radical (unpaired) electrons. The van der Waals surface area contributed by atoms with E-state index in [0.717, 1.165) is 12.1 Å². The SMILES string of the molecule is FC(F)(F)c1ccc(N/N=C(\Cl)c2ccncc2)cc1. The van der Waals surface area contributed by atoms with E-state index in [9.17, 15) is 13.2 Å². The van der Waals surface area contributed by atoms with Crippen LogP contribution in [0.4, 0.5) is 18.9 Å². The number of pyridine rings is 1. The zero-order valence-corrected chi connectivity index (χ0v) is 10.8. The Bertz CT molecular complexity index is 595. The van der Waals surface area contributed by atoms with Crippen LogP contribution in [0.5, 0.6) is 0 Å². The third-order valence-corrected chi connectivity index (χ3v) is 2.72. The highest BCUT2D eigenvalue weighted by molar-refractivity contribution is 6.69. The molecule has 0 aliphatic carbocycles. The number of rotatable bonds is 3. The molecular weight excluding hydrogens is 291 g/mol. The van der Waals surface area contributed by atoms with E-state index in [1.807, 2.05) is 0 Å². The van der Waals surface area contributed by atoms with E-state index >= 15 is 0 Å². The maximum atomic E-state index is 12.4. The summed E-state index contributed by atoms with van der Waals surface area (Å²) >= 11 is 5.94. The van der Waals surface area contributed by atoms with Crippen molar-refractivity contribution in [3.63, 3.8) is 0 Å². The molecule has 0 atom stereocenters. The van der Waals surface area contributed by atoms with Crippen LogP contribution in [0.15, 0.2) is 53.9 Å². The minimum atomic E-state index is -4.35. The Morgan fingerprint density at radius 1 is 1.05 bits per heavy atom. The molecule has 20 heavy (non-hydrogen) atoms. The third-order valence-electron chi connectivity index (χ3n) is 2.41. The molecule has 1 aromatic heterocycles. The van der Waals surface area contributed by atoms with Crippen molar-refractivity contribution in [1.29, 1.82) is 0 Å². The van der Waals surface area contributed by atoms with Crippen molar-refractivity contribution in [2.24, 2.45) is 5.10 Å². The molecule has 1 N–H and O–H groups in total. The highest BCUT2D eigenvalue weighted by Gasteiger charge is 2.29. The first-order valence-corrected chi connectivity index (χ1v) is 5.91. The second-order valence-corrected chi connectivity index (χ2v) is 4.18. The molecule has 7 heteroatoms. The standard InChI is InChI=1S/C13H9ClF3N3/c14-12(9-5-7-18-8-6-9)20-19-11-3-1-10(2-4-11)13(15,16)17/h1-8,19H/b20-12-. The molecule has 0 fully saturated rings. The van der Waals surface area contributed by atoms with E-state index in [-0.39, 0.29) is 5.17 Å². The molecule has 104 valence electrons. The number of anilines is 1. The maximum Gasteiger partial charge on any atom is 0.416 e. The number of hydrogen-bond acceptors (Lipinski definition) is 3. The van der Waals surface area contributed by atoms with Gasteiger partial charge in [-0.1, -0.05) is 11.6 Å². The average molecular weight is 300 g/mol. The number of nitrogens with one attached hydrogen (secondary N) is 1. The van der Waals surface area contributed by atoms with Crippen molar-refractivity contribution >= 4 is 22.5 Å². The second kappa shape index (κ2) is 5.92. The van der Waals surface area contributed by atoms with Gasteiger partial charge in [-0.3, -0.25) is 10.4 Å². The first-order chi connectivity index (χ1) is 9.47. The van der Waals surface area contributed by atoms with Crippen molar-refractivity contribution in [3.05, 3.63) is 59.9 Å². The summed E-state index contributed by atoms with van der Waals surface area (Å²) in [5.41, 5.74) is 2.94. The van der Waals surface area contributed by atoms with Crippen LogP contribution in [0, 0.1) is 0 Å². The Labute approximate surface area is 118 Å². The largest absolute Gasteiger partial charge is 0.416 e. The fraction of sp³-hybridized carbons (Fsp3) is 0.0769. The lowest BCUT2D eigenvalue weighted by Crippen LogP contribution is -2.04. The Hall–Kier alpha value is -2.08. The van der Waals surface area contributed by atoms with Crippen molar-refractivity contribution in [3.8, 4) is 0 Å². The molecule has 2 rings (SSSR count). The molecule has 1 heterocycles. The topological polar surface area (TPSA) is 37.3 Å². The van der Waals surface area contributed by atoms with Gasteiger partial charge in [0.05, 0.1) is 11.3 Å². The summed E-state index contributed by atoms with van der Waals surface area (Å²) in [4.78, 5) is 3.84. The molecule has 3 nitrogen and oxygen atoms in total. The van der Waals surface area contributed by atoms with Crippen molar-refractivity contribution in [2.45, 2.75) is 6.18 Å². The zero-order chi connectivity index (χ0) is 14.6. The van der Waals surface area contributed by atoms with Gasteiger partial charge in [-0.25, -0.2) is 0 Å². The number of benzene rings is 1. The maximum absolute atomic E-state index is 12.4. The smallest absolute Gasteiger partial charge is 0.277 e. The van der Waals surface area contributed by atoms with Crippen LogP contribution in [-0.2, 0) is 6.18 Å². The zero-order valence-electron chi connectivity index (χ0n) is 10.0. The van der Waals surface area contributed by atoms with Crippen molar-refractivity contribution < 1.29 is 13.2 Å². The summed E-state index contributed by atoms with van der Waals surface area (Å²) < 4.78 is 37.1. The van der Waals surface area contributed by atoms with E-state index in [0.29, 0.717) is 11.3 Å². The van der Waals surface area contributed by atoms with Gasteiger partial charge in [0.2, 0.25) is 0 Å². The predicted octanol–water partition coefficient (Wildman–Crippen LogP) is 4.11. The normalized spacial score (nSPS) is 12.3. The molecule has 0 amide bonds. The molecular formula is C13H9ClF3N3. The van der Waals surface area contributed by atoms with E-state index in [1.54, 1.807) is 24.5 Å². The predicted molar refractivity (Wildman–Crippen MR) is 71.7 cm³/mol. The van der Waals surface area contributed by atoms with Gasteiger partial charge in [0.15, 0.2) is 5.17 Å². The van der Waals surface area contributed by atoms with Crippen LogP contribution in [0.25, 0.3) is 0 Å². The number of nitrogens with zero attached hydrogens (tertiary/aromatic N) is 2. The van der Waals surface area contributed by atoms with E-state index in [2.05, 4.69) is 15.5 Å². The van der Waals surface area contributed by atoms with Gasteiger partial charge < -0.3 is 0 Å². The lowest BCUT2D eigenvalue weighted by atomic mass is 10.2. The van der Waals surface area contributed by atoms with Crippen LogP contribution in [0.1, 0.15) is 11.1 Å². The van der Waals surface area contributed by atoms with Gasteiger partial charge in [-0.2, -0.15) is 18.3 Å². The number of aromatic nitrogens is 1. The fourth-order valence-electron chi connectivity index (χ4n) is 1.40. The summed E-state index contributed by atoms with van der Waals surface area (Å²) in [7, 11) is 0. The van der Waals surface area contributed by atoms with Gasteiger partial charge in [-0.05, 0) is 36.4 Å². The lowest BCUT2D eigenvalue weighted by molar-refractivity contribution is -0.137. The Kier molecular flexibility index (Phi) is 4.24. The third kappa shape index (κ3) is 3.71. The second-order valence-electron chi connectivity index (χ2n) is 3.83. The van der Waals surface area contributed by atoms with Crippen molar-refractivity contribution in [2.75, 3.05) is 5.43 Å². The quantitative estimate of drug-likeness (QED) is 0.684. The lowest BCUT2D eigenvalue weighted by Gasteiger charge is -2.07. The Balaban J connectivity index is 2.08. The number of hydrazone groups is 1. The summed E-state index contributed by atoms with van der Waals surface area (Å²) in [6.45, 7) is 0. The Morgan fingerprint density at radius 2 is 1.65 bits per heavy atom. The molecule has 2 aromatic rings. The average Bonchev–Trinajstić information content (AvgIpc) is 2.45. The van der Waals surface area contributed by atoms with Crippen LogP contribution in [0.3, 0.4) is 0 Å². The molecule has 0 aliphatic rings. The molecule has 1 aromatic carbocycles. The first kappa shape index (κ1) is 14.3.